The van der Waals surface area contributed by atoms with E-state index in [0.717, 1.165) is 0 Å². The fourth-order valence-corrected chi connectivity index (χ4v) is 6.36. The van der Waals surface area contributed by atoms with Crippen LogP contribution in [-0.4, -0.2) is 133 Å². The molecule has 1 aromatic rings. The summed E-state index contributed by atoms with van der Waals surface area (Å²) >= 11 is 0. The molecule has 0 aliphatic carbocycles. The van der Waals surface area contributed by atoms with E-state index in [-0.39, 0.29) is 43.9 Å². The van der Waals surface area contributed by atoms with E-state index >= 15 is 0 Å². The van der Waals surface area contributed by atoms with E-state index in [2.05, 4.69) is 31.9 Å². The van der Waals surface area contributed by atoms with Gasteiger partial charge in [0.1, 0.15) is 30.2 Å². The number of nitrogens with one attached hydrogen (secondary N) is 6. The molecule has 0 aromatic heterocycles. The van der Waals surface area contributed by atoms with Crippen LogP contribution in [0.3, 0.4) is 0 Å². The largest absolute Gasteiger partial charge is 0.481 e. The number of aliphatic hydroxyl groups is 1. The Morgan fingerprint density at radius 3 is 1.56 bits per heavy atom. The molecule has 9 atom stereocenters. The second-order valence-corrected chi connectivity index (χ2v) is 16.7. The lowest BCUT2D eigenvalue weighted by atomic mass is 9.92. The summed E-state index contributed by atoms with van der Waals surface area (Å²) < 4.78 is 0. The summed E-state index contributed by atoms with van der Waals surface area (Å²) in [5.41, 5.74) is 6.39. The fourth-order valence-electron chi connectivity index (χ4n) is 6.36. The van der Waals surface area contributed by atoms with Crippen LogP contribution in [0.4, 0.5) is 0 Å². The standard InChI is InChI=1S/C42H65N7O15/c1-21(2)16-28(46-41(62)30(20-35(55)56)48-40(61)29(17-22(3)4)47-38(59)26(43)12-14-33(51)52)32(50)18-23(5)36(57)44-24(6)37(58)45-27(13-15-34(53)54)39(60)49-31(42(63)64)19-25-10-8-7-9-11-25/h7-11,21-24,26-32,50H,12-20,43H2,1-6H3,(H,44,57)(H,45,58)(H,46,62)(H,47,59)(H,48,61)(H,49,60)(H,51,52)(H,53,54)(H,55,56)(H,63,64)/t23-,24+,26+,27+,28+,29+,30+,31+,32+/m1/s1. The molecule has 6 amide bonds. The molecule has 358 valence electrons. The zero-order valence-corrected chi connectivity index (χ0v) is 37.0. The van der Waals surface area contributed by atoms with Crippen LogP contribution in [0.5, 0.6) is 0 Å². The first kappa shape index (κ1) is 55.9. The molecule has 0 unspecified atom stereocenters. The number of hydrogen-bond donors (Lipinski definition) is 12. The molecule has 0 aliphatic heterocycles. The van der Waals surface area contributed by atoms with Crippen molar-refractivity contribution >= 4 is 59.3 Å². The lowest BCUT2D eigenvalue weighted by Gasteiger charge is -2.30. The number of carbonyl (C=O) groups excluding carboxylic acids is 6. The number of carboxylic acids is 4. The smallest absolute Gasteiger partial charge is 0.326 e. The Morgan fingerprint density at radius 2 is 1.03 bits per heavy atom. The Kier molecular flexibility index (Phi) is 24.3. The highest BCUT2D eigenvalue weighted by Gasteiger charge is 2.34. The third kappa shape index (κ3) is 21.8. The second kappa shape index (κ2) is 27.8. The molecule has 0 heterocycles. The van der Waals surface area contributed by atoms with E-state index in [4.69, 9.17) is 10.8 Å². The first-order chi connectivity index (χ1) is 29.8. The number of aliphatic hydroxyl groups excluding tert-OH is 1. The maximum Gasteiger partial charge on any atom is 0.326 e. The van der Waals surface area contributed by atoms with Crippen LogP contribution in [0.15, 0.2) is 30.3 Å². The van der Waals surface area contributed by atoms with Gasteiger partial charge in [0.2, 0.25) is 35.4 Å². The zero-order valence-electron chi connectivity index (χ0n) is 37.0. The highest BCUT2D eigenvalue weighted by atomic mass is 16.4. The molecule has 13 N–H and O–H groups in total. The van der Waals surface area contributed by atoms with Crippen LogP contribution in [0.1, 0.15) is 98.5 Å². The summed E-state index contributed by atoms with van der Waals surface area (Å²) in [6, 6.07) is -1.17. The second-order valence-electron chi connectivity index (χ2n) is 16.7. The molecule has 1 rings (SSSR count). The van der Waals surface area contributed by atoms with E-state index in [1.54, 1.807) is 58.0 Å². The van der Waals surface area contributed by atoms with Crippen LogP contribution in [-0.2, 0) is 54.4 Å². The minimum atomic E-state index is -1.69. The van der Waals surface area contributed by atoms with Gasteiger partial charge in [-0.05, 0) is 56.4 Å². The van der Waals surface area contributed by atoms with Gasteiger partial charge in [-0.15, -0.1) is 0 Å². The Hall–Kier alpha value is -6.16. The minimum absolute atomic E-state index is 0.0442. The highest BCUT2D eigenvalue weighted by molar-refractivity contribution is 5.95. The van der Waals surface area contributed by atoms with Crippen LogP contribution >= 0.6 is 0 Å². The Balaban J connectivity index is 3.09. The number of aliphatic carboxylic acids is 4. The lowest BCUT2D eigenvalue weighted by Crippen LogP contribution is -2.58. The summed E-state index contributed by atoms with van der Waals surface area (Å²) in [6.07, 6.45) is -4.15. The van der Waals surface area contributed by atoms with Crippen molar-refractivity contribution < 1.29 is 73.5 Å². The first-order valence-corrected chi connectivity index (χ1v) is 21.0. The summed E-state index contributed by atoms with van der Waals surface area (Å²) in [4.78, 5) is 125. The molecule has 1 aromatic carbocycles. The van der Waals surface area contributed by atoms with E-state index in [1.807, 2.05) is 0 Å². The number of rotatable bonds is 30. The van der Waals surface area contributed by atoms with Crippen LogP contribution < -0.4 is 37.6 Å². The van der Waals surface area contributed by atoms with Crippen LogP contribution in [0, 0.1) is 17.8 Å². The summed E-state index contributed by atoms with van der Waals surface area (Å²) in [7, 11) is 0. The van der Waals surface area contributed by atoms with Crippen molar-refractivity contribution in [2.75, 3.05) is 0 Å². The van der Waals surface area contributed by atoms with E-state index < -0.39 is 139 Å². The van der Waals surface area contributed by atoms with Gasteiger partial charge in [-0.2, -0.15) is 0 Å². The topological polar surface area (TPSA) is 370 Å². The SMILES string of the molecule is CC(C)C[C@H](NC(=O)[C@@H](N)CCC(=O)O)C(=O)N[C@@H](CC(=O)O)C(=O)N[C@@H](CC(C)C)[C@@H](O)C[C@@H](C)C(=O)N[C@@H](C)C(=O)N[C@@H](CCC(=O)O)C(=O)N[C@@H](Cc1ccccc1)C(=O)O. The number of hydrogen-bond acceptors (Lipinski definition) is 12. The van der Waals surface area contributed by atoms with E-state index in [9.17, 15) is 68.4 Å². The van der Waals surface area contributed by atoms with Crippen molar-refractivity contribution in [3.63, 3.8) is 0 Å². The molecule has 0 saturated heterocycles. The van der Waals surface area contributed by atoms with Gasteiger partial charge >= 0.3 is 23.9 Å². The molecule has 22 nitrogen and oxygen atoms in total. The normalized spacial score (nSPS) is 15.4. The lowest BCUT2D eigenvalue weighted by molar-refractivity contribution is -0.143. The molecule has 0 radical (unpaired) electrons. The average molecular weight is 908 g/mol. The third-order valence-electron chi connectivity index (χ3n) is 9.85. The van der Waals surface area contributed by atoms with E-state index in [0.29, 0.717) is 5.56 Å². The van der Waals surface area contributed by atoms with Gasteiger partial charge in [-0.25, -0.2) is 4.79 Å². The van der Waals surface area contributed by atoms with Crippen LogP contribution in [0.2, 0.25) is 0 Å². The molecular formula is C42H65N7O15. The molecule has 0 fully saturated rings. The number of nitrogens with two attached hydrogens (primary N) is 1. The van der Waals surface area contributed by atoms with Gasteiger partial charge in [0.15, 0.2) is 0 Å². The van der Waals surface area contributed by atoms with Crippen molar-refractivity contribution in [3.05, 3.63) is 35.9 Å². The Labute approximate surface area is 371 Å². The monoisotopic (exact) mass is 907 g/mol. The summed E-state index contributed by atoms with van der Waals surface area (Å²) in [5, 5.41) is 63.3. The van der Waals surface area contributed by atoms with Gasteiger partial charge in [-0.1, -0.05) is 65.0 Å². The van der Waals surface area contributed by atoms with Gasteiger partial charge in [0.05, 0.1) is 24.6 Å². The van der Waals surface area contributed by atoms with Crippen LogP contribution in [0.25, 0.3) is 0 Å². The molecule has 0 aliphatic rings. The maximum atomic E-state index is 13.6. The zero-order chi connectivity index (χ0) is 48.8. The number of benzene rings is 1. The quantitative estimate of drug-likeness (QED) is 0.0452. The maximum absolute atomic E-state index is 13.6. The van der Waals surface area contributed by atoms with Crippen molar-refractivity contribution in [2.24, 2.45) is 23.5 Å². The molecule has 0 spiro atoms. The van der Waals surface area contributed by atoms with Crippen molar-refractivity contribution in [2.45, 2.75) is 148 Å². The van der Waals surface area contributed by atoms with Crippen molar-refractivity contribution in [1.29, 1.82) is 0 Å². The van der Waals surface area contributed by atoms with Gasteiger partial charge < -0.3 is 63.2 Å². The molecule has 0 saturated carbocycles. The molecular weight excluding hydrogens is 842 g/mol. The number of carbonyl (C=O) groups is 10. The number of amides is 6. The van der Waals surface area contributed by atoms with Gasteiger partial charge in [0, 0.05) is 25.2 Å². The van der Waals surface area contributed by atoms with Crippen molar-refractivity contribution in [3.8, 4) is 0 Å². The van der Waals surface area contributed by atoms with Crippen molar-refractivity contribution in [1.82, 2.24) is 31.9 Å². The highest BCUT2D eigenvalue weighted by Crippen LogP contribution is 2.17. The Morgan fingerprint density at radius 1 is 0.531 bits per heavy atom. The minimum Gasteiger partial charge on any atom is -0.481 e. The average Bonchev–Trinajstić information content (AvgIpc) is 3.19. The van der Waals surface area contributed by atoms with Gasteiger partial charge in [-0.3, -0.25) is 43.2 Å². The molecule has 22 heteroatoms. The first-order valence-electron chi connectivity index (χ1n) is 21.0. The predicted octanol–water partition coefficient (Wildman–Crippen LogP) is -0.747. The number of carboxylic acid groups (broad SMARTS) is 4. The van der Waals surface area contributed by atoms with Gasteiger partial charge in [0.25, 0.3) is 0 Å². The van der Waals surface area contributed by atoms with E-state index in [1.165, 1.54) is 13.8 Å². The third-order valence-corrected chi connectivity index (χ3v) is 9.85. The molecule has 0 bridgehead atoms. The summed E-state index contributed by atoms with van der Waals surface area (Å²) in [5.74, 6) is -12.0. The molecule has 64 heavy (non-hydrogen) atoms. The summed E-state index contributed by atoms with van der Waals surface area (Å²) in [6.45, 7) is 9.72. The fraction of sp³-hybridized carbons (Fsp3) is 0.619. The predicted molar refractivity (Wildman–Crippen MR) is 228 cm³/mol. The Bertz CT molecular complexity index is 1780.